The van der Waals surface area contributed by atoms with Gasteiger partial charge in [-0.15, -0.1) is 0 Å². The van der Waals surface area contributed by atoms with Crippen LogP contribution in [0, 0.1) is 5.92 Å². The third kappa shape index (κ3) is 3.95. The Morgan fingerprint density at radius 1 is 1.39 bits per heavy atom. The van der Waals surface area contributed by atoms with E-state index in [0.29, 0.717) is 12.0 Å². The second-order valence-corrected chi connectivity index (χ2v) is 9.27. The van der Waals surface area contributed by atoms with E-state index in [2.05, 4.69) is 10.4 Å². The molecule has 1 aliphatic carbocycles. The highest BCUT2D eigenvalue weighted by Gasteiger charge is 2.33. The van der Waals surface area contributed by atoms with Crippen LogP contribution in [0.5, 0.6) is 0 Å². The van der Waals surface area contributed by atoms with Crippen LogP contribution in [0.3, 0.4) is 0 Å². The molecule has 1 saturated heterocycles. The molecule has 23 heavy (non-hydrogen) atoms. The van der Waals surface area contributed by atoms with Crippen molar-refractivity contribution in [3.8, 4) is 0 Å². The van der Waals surface area contributed by atoms with Crippen LogP contribution in [-0.4, -0.2) is 48.9 Å². The molecule has 0 bridgehead atoms. The van der Waals surface area contributed by atoms with Crippen LogP contribution in [-0.2, 0) is 21.6 Å². The Kier molecular flexibility index (Phi) is 5.08. The fourth-order valence-electron chi connectivity index (χ4n) is 3.87. The van der Waals surface area contributed by atoms with Crippen LogP contribution in [0.1, 0.15) is 43.9 Å². The minimum atomic E-state index is -2.92. The summed E-state index contributed by atoms with van der Waals surface area (Å²) in [6, 6.07) is 2.32. The normalized spacial score (nSPS) is 32.3. The molecule has 2 heterocycles. The zero-order valence-electron chi connectivity index (χ0n) is 13.9. The maximum Gasteiger partial charge on any atom is 0.150 e. The van der Waals surface area contributed by atoms with Gasteiger partial charge in [0.1, 0.15) is 15.9 Å². The summed E-state index contributed by atoms with van der Waals surface area (Å²) in [5, 5.41) is 7.66. The minimum absolute atomic E-state index is 0.0873. The topological polar surface area (TPSA) is 73.2 Å². The molecule has 0 unspecified atom stereocenters. The lowest BCUT2D eigenvalue weighted by atomic mass is 9.93. The van der Waals surface area contributed by atoms with E-state index in [-0.39, 0.29) is 11.4 Å². The standard InChI is InChI=1S/C16H27N3O3S/c1-19-15(6-8-18-19)16-12(7-9-22-16)11-17-13-4-3-5-14(10-13)23(2,20)21/h6,8,12-14,16-17H,3-5,7,9-11H2,1-2H3/t12-,13-,14-,16+/m0/s1. The van der Waals surface area contributed by atoms with Crippen molar-refractivity contribution in [2.24, 2.45) is 13.0 Å². The van der Waals surface area contributed by atoms with E-state index in [1.54, 1.807) is 6.20 Å². The number of rotatable bonds is 5. The van der Waals surface area contributed by atoms with E-state index in [4.69, 9.17) is 4.74 Å². The number of nitrogens with zero attached hydrogens (tertiary/aromatic N) is 2. The number of hydrogen-bond donors (Lipinski definition) is 1. The highest BCUT2D eigenvalue weighted by atomic mass is 32.2. The molecule has 3 rings (SSSR count). The van der Waals surface area contributed by atoms with Crippen LogP contribution in [0.4, 0.5) is 0 Å². The highest BCUT2D eigenvalue weighted by Crippen LogP contribution is 2.34. The molecule has 1 aromatic heterocycles. The molecule has 7 heteroatoms. The van der Waals surface area contributed by atoms with E-state index in [9.17, 15) is 8.42 Å². The van der Waals surface area contributed by atoms with E-state index >= 15 is 0 Å². The fraction of sp³-hybridized carbons (Fsp3) is 0.812. The quantitative estimate of drug-likeness (QED) is 0.877. The first-order chi connectivity index (χ1) is 10.9. The number of aryl methyl sites for hydroxylation is 1. The third-order valence-electron chi connectivity index (χ3n) is 5.26. The number of nitrogens with one attached hydrogen (secondary N) is 1. The Morgan fingerprint density at radius 3 is 2.91 bits per heavy atom. The first kappa shape index (κ1) is 16.9. The van der Waals surface area contributed by atoms with Gasteiger partial charge in [0.15, 0.2) is 0 Å². The molecule has 2 fully saturated rings. The first-order valence-corrected chi connectivity index (χ1v) is 10.4. The number of ether oxygens (including phenoxy) is 1. The lowest BCUT2D eigenvalue weighted by Gasteiger charge is -2.30. The second kappa shape index (κ2) is 6.91. The Labute approximate surface area is 138 Å². The predicted octanol–water partition coefficient (Wildman–Crippen LogP) is 1.44. The van der Waals surface area contributed by atoms with Crippen LogP contribution in [0.15, 0.2) is 12.3 Å². The molecule has 1 aromatic rings. The molecule has 0 aromatic carbocycles. The van der Waals surface area contributed by atoms with E-state index in [1.807, 2.05) is 17.8 Å². The molecule has 1 N–H and O–H groups in total. The summed E-state index contributed by atoms with van der Waals surface area (Å²) >= 11 is 0. The van der Waals surface area contributed by atoms with Crippen molar-refractivity contribution in [2.45, 2.75) is 49.5 Å². The van der Waals surface area contributed by atoms with Gasteiger partial charge in [-0.05, 0) is 31.7 Å². The van der Waals surface area contributed by atoms with Gasteiger partial charge in [0.05, 0.1) is 10.9 Å². The summed E-state index contributed by atoms with van der Waals surface area (Å²) in [7, 11) is -0.980. The van der Waals surface area contributed by atoms with Crippen molar-refractivity contribution in [3.63, 3.8) is 0 Å². The maximum absolute atomic E-state index is 11.8. The lowest BCUT2D eigenvalue weighted by molar-refractivity contribution is 0.0828. The van der Waals surface area contributed by atoms with E-state index in [1.165, 1.54) is 6.26 Å². The summed E-state index contributed by atoms with van der Waals surface area (Å²) in [5.74, 6) is 0.420. The van der Waals surface area contributed by atoms with Crippen LogP contribution in [0.2, 0.25) is 0 Å². The molecule has 4 atom stereocenters. The minimum Gasteiger partial charge on any atom is -0.372 e. The van der Waals surface area contributed by atoms with E-state index < -0.39 is 9.84 Å². The van der Waals surface area contributed by atoms with Crippen molar-refractivity contribution in [1.29, 1.82) is 0 Å². The zero-order valence-corrected chi connectivity index (χ0v) is 14.8. The zero-order chi connectivity index (χ0) is 16.4. The van der Waals surface area contributed by atoms with Crippen molar-refractivity contribution in [2.75, 3.05) is 19.4 Å². The molecule has 0 amide bonds. The third-order valence-corrected chi connectivity index (χ3v) is 6.90. The molecular formula is C16H27N3O3S. The number of aromatic nitrogens is 2. The van der Waals surface area contributed by atoms with Crippen molar-refractivity contribution in [1.82, 2.24) is 15.1 Å². The van der Waals surface area contributed by atoms with Gasteiger partial charge >= 0.3 is 0 Å². The Morgan fingerprint density at radius 2 is 2.22 bits per heavy atom. The van der Waals surface area contributed by atoms with Gasteiger partial charge in [-0.3, -0.25) is 4.68 Å². The van der Waals surface area contributed by atoms with Gasteiger partial charge in [0.2, 0.25) is 0 Å². The number of hydrogen-bond acceptors (Lipinski definition) is 5. The first-order valence-electron chi connectivity index (χ1n) is 8.47. The second-order valence-electron chi connectivity index (χ2n) is 6.94. The largest absolute Gasteiger partial charge is 0.372 e. The van der Waals surface area contributed by atoms with Gasteiger partial charge in [0.25, 0.3) is 0 Å². The number of sulfone groups is 1. The average Bonchev–Trinajstić information content (AvgIpc) is 3.12. The molecule has 1 aliphatic heterocycles. The predicted molar refractivity (Wildman–Crippen MR) is 88.9 cm³/mol. The summed E-state index contributed by atoms with van der Waals surface area (Å²) in [6.07, 6.45) is 7.89. The van der Waals surface area contributed by atoms with Crippen LogP contribution in [0.25, 0.3) is 0 Å². The van der Waals surface area contributed by atoms with Gasteiger partial charge < -0.3 is 10.1 Å². The fourth-order valence-corrected chi connectivity index (χ4v) is 5.05. The molecule has 1 saturated carbocycles. The Bertz CT molecular complexity index is 628. The van der Waals surface area contributed by atoms with Gasteiger partial charge in [-0.2, -0.15) is 5.10 Å². The summed E-state index contributed by atoms with van der Waals surface area (Å²) in [6.45, 7) is 1.65. The smallest absolute Gasteiger partial charge is 0.150 e. The Hall–Kier alpha value is -0.920. The molecule has 2 aliphatic rings. The average molecular weight is 341 g/mol. The van der Waals surface area contributed by atoms with Crippen molar-refractivity contribution < 1.29 is 13.2 Å². The van der Waals surface area contributed by atoms with Gasteiger partial charge in [-0.1, -0.05) is 6.42 Å². The lowest BCUT2D eigenvalue weighted by Crippen LogP contribution is -2.41. The monoisotopic (exact) mass is 341 g/mol. The molecule has 6 nitrogen and oxygen atoms in total. The van der Waals surface area contributed by atoms with Gasteiger partial charge in [-0.25, -0.2) is 8.42 Å². The molecular weight excluding hydrogens is 314 g/mol. The molecule has 0 spiro atoms. The van der Waals surface area contributed by atoms with Crippen molar-refractivity contribution >= 4 is 9.84 Å². The van der Waals surface area contributed by atoms with E-state index in [0.717, 1.165) is 50.9 Å². The summed E-state index contributed by atoms with van der Waals surface area (Å²) in [4.78, 5) is 0. The van der Waals surface area contributed by atoms with Crippen molar-refractivity contribution in [3.05, 3.63) is 18.0 Å². The molecule has 0 radical (unpaired) electrons. The molecule has 130 valence electrons. The van der Waals surface area contributed by atoms with Gasteiger partial charge in [0, 0.05) is 44.6 Å². The highest BCUT2D eigenvalue weighted by molar-refractivity contribution is 7.91. The van der Waals surface area contributed by atoms with Crippen LogP contribution >= 0.6 is 0 Å². The summed E-state index contributed by atoms with van der Waals surface area (Å²) < 4.78 is 31.3. The summed E-state index contributed by atoms with van der Waals surface area (Å²) in [5.41, 5.74) is 1.12. The Balaban J connectivity index is 1.56. The SMILES string of the molecule is Cn1nccc1[C@@H]1OCC[C@H]1CN[C@H]1CCC[C@H](S(C)(=O)=O)C1. The van der Waals surface area contributed by atoms with Crippen LogP contribution < -0.4 is 5.32 Å². The maximum atomic E-state index is 11.8.